The van der Waals surface area contributed by atoms with Gasteiger partial charge in [0.1, 0.15) is 18.0 Å². The van der Waals surface area contributed by atoms with E-state index in [0.717, 1.165) is 5.75 Å². The van der Waals surface area contributed by atoms with Crippen molar-refractivity contribution in [1.29, 1.82) is 0 Å². The lowest BCUT2D eigenvalue weighted by Crippen LogP contribution is -2.46. The molecule has 2 saturated heterocycles. The predicted octanol–water partition coefficient (Wildman–Crippen LogP) is 0.669. The van der Waals surface area contributed by atoms with Crippen LogP contribution in [0.4, 0.5) is 0 Å². The van der Waals surface area contributed by atoms with E-state index in [4.69, 9.17) is 9.47 Å². The number of carbonyl (C=O) groups is 1. The van der Waals surface area contributed by atoms with E-state index in [1.54, 1.807) is 0 Å². The smallest absolute Gasteiger partial charge is 0.236 e. The number of rotatable bonds is 5. The zero-order valence-corrected chi connectivity index (χ0v) is 14.2. The molecule has 1 amide bonds. The van der Waals surface area contributed by atoms with E-state index in [9.17, 15) is 9.90 Å². The molecule has 2 aliphatic heterocycles. The van der Waals surface area contributed by atoms with Crippen molar-refractivity contribution in [3.8, 4) is 5.75 Å². The van der Waals surface area contributed by atoms with Crippen molar-refractivity contribution in [3.63, 3.8) is 0 Å². The second kappa shape index (κ2) is 7.51. The molecule has 3 rings (SSSR count). The highest BCUT2D eigenvalue weighted by Crippen LogP contribution is 2.23. The van der Waals surface area contributed by atoms with Gasteiger partial charge in [0.15, 0.2) is 0 Å². The van der Waals surface area contributed by atoms with Crippen molar-refractivity contribution in [2.75, 3.05) is 52.5 Å². The zero-order chi connectivity index (χ0) is 17.0. The molecule has 1 aromatic rings. The number of ether oxygens (including phenoxy) is 2. The molecule has 2 heterocycles. The molecule has 0 unspecified atom stereocenters. The van der Waals surface area contributed by atoms with Crippen LogP contribution in [0.2, 0.25) is 0 Å². The lowest BCUT2D eigenvalue weighted by Gasteiger charge is -2.29. The van der Waals surface area contributed by atoms with Crippen LogP contribution in [0.1, 0.15) is 12.0 Å². The van der Waals surface area contributed by atoms with Crippen LogP contribution in [-0.2, 0) is 9.53 Å². The van der Waals surface area contributed by atoms with Crippen LogP contribution >= 0.6 is 0 Å². The van der Waals surface area contributed by atoms with Gasteiger partial charge >= 0.3 is 0 Å². The third-order valence-electron chi connectivity index (χ3n) is 4.66. The topological polar surface area (TPSA) is 62.2 Å². The summed E-state index contributed by atoms with van der Waals surface area (Å²) in [6.07, 6.45) is 0.620. The summed E-state index contributed by atoms with van der Waals surface area (Å²) >= 11 is 0. The molecular formula is C18H26N2O4. The highest BCUT2D eigenvalue weighted by molar-refractivity contribution is 5.78. The fraction of sp³-hybridized carbons (Fsp3) is 0.611. The summed E-state index contributed by atoms with van der Waals surface area (Å²) in [5.41, 5.74) is 0.283. The van der Waals surface area contributed by atoms with Gasteiger partial charge in [-0.1, -0.05) is 17.7 Å². The first-order valence-corrected chi connectivity index (χ1v) is 8.54. The molecule has 1 N–H and O–H groups in total. The number of likely N-dealkylation sites (tertiary alicyclic amines) is 1. The van der Waals surface area contributed by atoms with Gasteiger partial charge in [-0.25, -0.2) is 0 Å². The van der Waals surface area contributed by atoms with E-state index in [1.165, 1.54) is 5.56 Å². The first-order chi connectivity index (χ1) is 11.5. The van der Waals surface area contributed by atoms with Gasteiger partial charge in [0.05, 0.1) is 19.8 Å². The van der Waals surface area contributed by atoms with Crippen molar-refractivity contribution in [2.24, 2.45) is 0 Å². The predicted molar refractivity (Wildman–Crippen MR) is 90.1 cm³/mol. The molecule has 0 spiro atoms. The molecule has 0 aliphatic carbocycles. The van der Waals surface area contributed by atoms with Gasteiger partial charge < -0.3 is 19.5 Å². The Balaban J connectivity index is 1.46. The van der Waals surface area contributed by atoms with Crippen molar-refractivity contribution in [1.82, 2.24) is 9.80 Å². The quantitative estimate of drug-likeness (QED) is 0.858. The highest BCUT2D eigenvalue weighted by Gasteiger charge is 2.38. The lowest BCUT2D eigenvalue weighted by atomic mass is 10.1. The summed E-state index contributed by atoms with van der Waals surface area (Å²) in [7, 11) is 0. The van der Waals surface area contributed by atoms with E-state index in [1.807, 2.05) is 41.0 Å². The van der Waals surface area contributed by atoms with Crippen molar-refractivity contribution in [3.05, 3.63) is 29.8 Å². The number of nitrogens with zero attached hydrogens (tertiary/aromatic N) is 2. The zero-order valence-electron chi connectivity index (χ0n) is 14.2. The molecule has 2 aliphatic rings. The van der Waals surface area contributed by atoms with Gasteiger partial charge in [-0.2, -0.15) is 0 Å². The van der Waals surface area contributed by atoms with Crippen LogP contribution < -0.4 is 4.74 Å². The molecule has 1 atom stereocenters. The average Bonchev–Trinajstić information content (AvgIpc) is 2.96. The second-order valence-electron chi connectivity index (χ2n) is 6.78. The Hall–Kier alpha value is -1.63. The van der Waals surface area contributed by atoms with E-state index in [0.29, 0.717) is 52.4 Å². The van der Waals surface area contributed by atoms with E-state index in [-0.39, 0.29) is 12.5 Å². The van der Waals surface area contributed by atoms with Crippen LogP contribution in [0, 0.1) is 6.92 Å². The largest absolute Gasteiger partial charge is 0.491 e. The summed E-state index contributed by atoms with van der Waals surface area (Å²) in [5.74, 6) is 0.874. The third-order valence-corrected chi connectivity index (χ3v) is 4.66. The fourth-order valence-corrected chi connectivity index (χ4v) is 3.15. The number of carbonyl (C=O) groups excluding carboxylic acids is 1. The Bertz CT molecular complexity index is 557. The summed E-state index contributed by atoms with van der Waals surface area (Å²) < 4.78 is 11.0. The molecule has 132 valence electrons. The van der Waals surface area contributed by atoms with Crippen LogP contribution in [-0.4, -0.2) is 79.0 Å². The number of amides is 1. The molecular weight excluding hydrogens is 308 g/mol. The minimum atomic E-state index is -0.893. The normalized spacial score (nSPS) is 25.0. The molecule has 6 heteroatoms. The van der Waals surface area contributed by atoms with E-state index in [2.05, 4.69) is 0 Å². The average molecular weight is 334 g/mol. The molecule has 0 bridgehead atoms. The standard InChI is InChI=1S/C18H26N2O4/c1-15-2-4-16(5-3-15)24-14-18(22)6-7-19(13-18)12-17(21)20-8-10-23-11-9-20/h2-5,22H,6-14H2,1H3/t18-/m1/s1. The van der Waals surface area contributed by atoms with Crippen LogP contribution in [0.25, 0.3) is 0 Å². The summed E-state index contributed by atoms with van der Waals surface area (Å²) in [6, 6.07) is 7.80. The highest BCUT2D eigenvalue weighted by atomic mass is 16.5. The minimum absolute atomic E-state index is 0.113. The second-order valence-corrected chi connectivity index (χ2v) is 6.78. The van der Waals surface area contributed by atoms with Crippen LogP contribution in [0.5, 0.6) is 5.75 Å². The van der Waals surface area contributed by atoms with Crippen molar-refractivity contribution >= 4 is 5.91 Å². The summed E-state index contributed by atoms with van der Waals surface area (Å²) in [6.45, 7) is 6.35. The van der Waals surface area contributed by atoms with Crippen molar-refractivity contribution in [2.45, 2.75) is 18.9 Å². The van der Waals surface area contributed by atoms with Crippen LogP contribution in [0.15, 0.2) is 24.3 Å². The Kier molecular flexibility index (Phi) is 5.38. The number of benzene rings is 1. The van der Waals surface area contributed by atoms with E-state index >= 15 is 0 Å². The Morgan fingerprint density at radius 2 is 1.96 bits per heavy atom. The molecule has 2 fully saturated rings. The Labute approximate surface area is 143 Å². The third kappa shape index (κ3) is 4.47. The Morgan fingerprint density at radius 3 is 2.67 bits per heavy atom. The summed E-state index contributed by atoms with van der Waals surface area (Å²) in [5, 5.41) is 10.7. The van der Waals surface area contributed by atoms with Gasteiger partial charge in [-0.15, -0.1) is 0 Å². The Morgan fingerprint density at radius 1 is 1.25 bits per heavy atom. The number of morpholine rings is 1. The van der Waals surface area contributed by atoms with Gasteiger partial charge in [0.25, 0.3) is 0 Å². The first-order valence-electron chi connectivity index (χ1n) is 8.54. The molecule has 24 heavy (non-hydrogen) atoms. The van der Waals surface area contributed by atoms with Crippen molar-refractivity contribution < 1.29 is 19.4 Å². The summed E-state index contributed by atoms with van der Waals surface area (Å²) in [4.78, 5) is 16.1. The molecule has 0 radical (unpaired) electrons. The lowest BCUT2D eigenvalue weighted by molar-refractivity contribution is -0.136. The van der Waals surface area contributed by atoms with Gasteiger partial charge in [0.2, 0.25) is 5.91 Å². The SMILES string of the molecule is Cc1ccc(OC[C@@]2(O)CCN(CC(=O)N3CCOCC3)C2)cc1. The van der Waals surface area contributed by atoms with E-state index < -0.39 is 5.60 Å². The number of hydrogen-bond donors (Lipinski definition) is 1. The first kappa shape index (κ1) is 17.2. The maximum atomic E-state index is 12.3. The van der Waals surface area contributed by atoms with Gasteiger partial charge in [-0.3, -0.25) is 9.69 Å². The number of aryl methyl sites for hydroxylation is 1. The van der Waals surface area contributed by atoms with Gasteiger partial charge in [0, 0.05) is 26.2 Å². The molecule has 0 aromatic heterocycles. The minimum Gasteiger partial charge on any atom is -0.491 e. The maximum Gasteiger partial charge on any atom is 0.236 e. The molecule has 1 aromatic carbocycles. The van der Waals surface area contributed by atoms with Gasteiger partial charge in [-0.05, 0) is 25.5 Å². The maximum absolute atomic E-state index is 12.3. The number of β-amino-alcohol motifs (C(OH)–C–C–N with tert-alkyl or cyclic N) is 1. The number of aliphatic hydroxyl groups is 1. The fourth-order valence-electron chi connectivity index (χ4n) is 3.15. The monoisotopic (exact) mass is 334 g/mol. The molecule has 6 nitrogen and oxygen atoms in total. The number of hydrogen-bond acceptors (Lipinski definition) is 5. The van der Waals surface area contributed by atoms with Crippen LogP contribution in [0.3, 0.4) is 0 Å². The molecule has 0 saturated carbocycles.